The topological polar surface area (TPSA) is 72.2 Å². The van der Waals surface area contributed by atoms with Crippen molar-refractivity contribution < 1.29 is 9.00 Å². The van der Waals surface area contributed by atoms with Gasteiger partial charge in [0.05, 0.1) is 15.7 Å². The van der Waals surface area contributed by atoms with Gasteiger partial charge < -0.3 is 11.1 Å². The maximum Gasteiger partial charge on any atom is 0.233 e. The van der Waals surface area contributed by atoms with E-state index in [1.165, 1.54) is 0 Å². The minimum absolute atomic E-state index is 0.0579. The van der Waals surface area contributed by atoms with Gasteiger partial charge in [0.1, 0.15) is 5.75 Å². The van der Waals surface area contributed by atoms with E-state index in [1.807, 2.05) is 20.8 Å². The van der Waals surface area contributed by atoms with E-state index in [0.29, 0.717) is 10.6 Å². The number of benzene rings is 1. The SMILES string of the molecule is CCC(C)(C)NC(=O)CS(=O)c1ccccc1N. The first kappa shape index (κ1) is 14.7. The Balaban J connectivity index is 2.66. The van der Waals surface area contributed by atoms with E-state index in [1.54, 1.807) is 24.3 Å². The number of carbonyl (C=O) groups excluding carboxylic acids is 1. The molecule has 0 aromatic heterocycles. The first-order chi connectivity index (χ1) is 8.35. The first-order valence-corrected chi connectivity index (χ1v) is 7.21. The Bertz CT molecular complexity index is 458. The van der Waals surface area contributed by atoms with Crippen molar-refractivity contribution >= 4 is 22.4 Å². The van der Waals surface area contributed by atoms with Gasteiger partial charge in [0, 0.05) is 11.2 Å². The largest absolute Gasteiger partial charge is 0.398 e. The van der Waals surface area contributed by atoms with Crippen LogP contribution in [0.25, 0.3) is 0 Å². The molecule has 0 aliphatic rings. The molecule has 0 bridgehead atoms. The molecule has 0 saturated carbocycles. The zero-order chi connectivity index (χ0) is 13.8. The van der Waals surface area contributed by atoms with Crippen molar-refractivity contribution in [1.82, 2.24) is 5.32 Å². The summed E-state index contributed by atoms with van der Waals surface area (Å²) in [6.07, 6.45) is 0.818. The predicted octanol–water partition coefficient (Wildman–Crippen LogP) is 1.68. The highest BCUT2D eigenvalue weighted by molar-refractivity contribution is 7.86. The van der Waals surface area contributed by atoms with Gasteiger partial charge in [-0.05, 0) is 32.4 Å². The molecule has 0 aliphatic heterocycles. The third-order valence-corrected chi connectivity index (χ3v) is 4.17. The van der Waals surface area contributed by atoms with Crippen LogP contribution in [0.3, 0.4) is 0 Å². The van der Waals surface area contributed by atoms with E-state index in [4.69, 9.17) is 5.73 Å². The molecule has 0 spiro atoms. The molecule has 18 heavy (non-hydrogen) atoms. The Morgan fingerprint density at radius 1 is 1.39 bits per heavy atom. The van der Waals surface area contributed by atoms with Crippen molar-refractivity contribution in [2.75, 3.05) is 11.5 Å². The molecule has 0 radical (unpaired) electrons. The smallest absolute Gasteiger partial charge is 0.233 e. The van der Waals surface area contributed by atoms with Gasteiger partial charge >= 0.3 is 0 Å². The molecule has 3 N–H and O–H groups in total. The van der Waals surface area contributed by atoms with E-state index >= 15 is 0 Å². The lowest BCUT2D eigenvalue weighted by Crippen LogP contribution is -2.44. The Labute approximate surface area is 110 Å². The van der Waals surface area contributed by atoms with Crippen molar-refractivity contribution in [3.05, 3.63) is 24.3 Å². The van der Waals surface area contributed by atoms with Gasteiger partial charge in [-0.3, -0.25) is 9.00 Å². The second kappa shape index (κ2) is 6.00. The fraction of sp³-hybridized carbons (Fsp3) is 0.462. The van der Waals surface area contributed by atoms with Gasteiger partial charge in [-0.2, -0.15) is 0 Å². The second-order valence-corrected chi connectivity index (χ2v) is 6.23. The highest BCUT2D eigenvalue weighted by atomic mass is 32.2. The molecule has 0 aliphatic carbocycles. The minimum Gasteiger partial charge on any atom is -0.398 e. The van der Waals surface area contributed by atoms with Crippen LogP contribution in [-0.4, -0.2) is 21.4 Å². The highest BCUT2D eigenvalue weighted by Crippen LogP contribution is 2.15. The molecule has 1 unspecified atom stereocenters. The summed E-state index contributed by atoms with van der Waals surface area (Å²) < 4.78 is 12.0. The molecule has 1 aromatic carbocycles. The fourth-order valence-corrected chi connectivity index (χ4v) is 2.41. The molecular weight excluding hydrogens is 248 g/mol. The number of anilines is 1. The Morgan fingerprint density at radius 3 is 2.56 bits per heavy atom. The summed E-state index contributed by atoms with van der Waals surface area (Å²) in [5.41, 5.74) is 5.91. The van der Waals surface area contributed by atoms with Gasteiger partial charge in [-0.1, -0.05) is 19.1 Å². The molecule has 5 heteroatoms. The highest BCUT2D eigenvalue weighted by Gasteiger charge is 2.20. The number of nitrogens with two attached hydrogens (primary N) is 1. The van der Waals surface area contributed by atoms with Gasteiger partial charge in [0.15, 0.2) is 0 Å². The van der Waals surface area contributed by atoms with Crippen LogP contribution in [0.1, 0.15) is 27.2 Å². The number of nitrogens with one attached hydrogen (secondary N) is 1. The number of rotatable bonds is 5. The van der Waals surface area contributed by atoms with E-state index in [9.17, 15) is 9.00 Å². The molecule has 100 valence electrons. The second-order valence-electron chi connectivity index (χ2n) is 4.81. The van der Waals surface area contributed by atoms with Crippen LogP contribution in [0.5, 0.6) is 0 Å². The van der Waals surface area contributed by atoms with Crippen molar-refractivity contribution in [3.8, 4) is 0 Å². The Morgan fingerprint density at radius 2 is 2.00 bits per heavy atom. The number of carbonyl (C=O) groups is 1. The number of para-hydroxylation sites is 1. The molecule has 1 atom stereocenters. The van der Waals surface area contributed by atoms with Gasteiger partial charge in [0.25, 0.3) is 0 Å². The number of hydrogen-bond acceptors (Lipinski definition) is 3. The van der Waals surface area contributed by atoms with E-state index in [0.717, 1.165) is 6.42 Å². The van der Waals surface area contributed by atoms with Crippen LogP contribution in [0.2, 0.25) is 0 Å². The molecule has 0 fully saturated rings. The molecule has 1 rings (SSSR count). The van der Waals surface area contributed by atoms with E-state index in [2.05, 4.69) is 5.32 Å². The van der Waals surface area contributed by atoms with Crippen LogP contribution >= 0.6 is 0 Å². The van der Waals surface area contributed by atoms with Crippen molar-refractivity contribution in [3.63, 3.8) is 0 Å². The maximum absolute atomic E-state index is 12.0. The standard InChI is InChI=1S/C13H20N2O2S/c1-4-13(2,3)15-12(16)9-18(17)11-8-6-5-7-10(11)14/h5-8H,4,9,14H2,1-3H3,(H,15,16). The summed E-state index contributed by atoms with van der Waals surface area (Å²) >= 11 is 0. The monoisotopic (exact) mass is 268 g/mol. The summed E-state index contributed by atoms with van der Waals surface area (Å²) in [5, 5.41) is 2.85. The van der Waals surface area contributed by atoms with Crippen LogP contribution in [-0.2, 0) is 15.6 Å². The summed E-state index contributed by atoms with van der Waals surface area (Å²) in [7, 11) is -1.40. The molecule has 0 heterocycles. The van der Waals surface area contributed by atoms with E-state index in [-0.39, 0.29) is 17.2 Å². The first-order valence-electron chi connectivity index (χ1n) is 5.89. The quantitative estimate of drug-likeness (QED) is 0.798. The summed E-state index contributed by atoms with van der Waals surface area (Å²) in [6, 6.07) is 6.90. The maximum atomic E-state index is 12.0. The predicted molar refractivity (Wildman–Crippen MR) is 74.6 cm³/mol. The normalized spacial score (nSPS) is 13.1. The zero-order valence-corrected chi connectivity index (χ0v) is 11.8. The van der Waals surface area contributed by atoms with Gasteiger partial charge in [-0.25, -0.2) is 0 Å². The average molecular weight is 268 g/mol. The summed E-state index contributed by atoms with van der Waals surface area (Å²) in [6.45, 7) is 5.86. The average Bonchev–Trinajstić information content (AvgIpc) is 2.28. The summed E-state index contributed by atoms with van der Waals surface area (Å²) in [4.78, 5) is 12.3. The van der Waals surface area contributed by atoms with Gasteiger partial charge in [-0.15, -0.1) is 0 Å². The lowest BCUT2D eigenvalue weighted by atomic mass is 10.0. The molecule has 1 amide bonds. The molecule has 1 aromatic rings. The lowest BCUT2D eigenvalue weighted by Gasteiger charge is -2.24. The minimum atomic E-state index is -1.40. The Hall–Kier alpha value is -1.36. The third kappa shape index (κ3) is 4.14. The number of hydrogen-bond donors (Lipinski definition) is 2. The van der Waals surface area contributed by atoms with Crippen LogP contribution in [0.15, 0.2) is 29.2 Å². The van der Waals surface area contributed by atoms with Crippen molar-refractivity contribution in [1.29, 1.82) is 0 Å². The number of amides is 1. The van der Waals surface area contributed by atoms with Crippen LogP contribution in [0.4, 0.5) is 5.69 Å². The number of nitrogen functional groups attached to an aromatic ring is 1. The van der Waals surface area contributed by atoms with Crippen LogP contribution < -0.4 is 11.1 Å². The molecule has 0 saturated heterocycles. The van der Waals surface area contributed by atoms with Crippen LogP contribution in [0, 0.1) is 0 Å². The van der Waals surface area contributed by atoms with E-state index < -0.39 is 10.8 Å². The fourth-order valence-electron chi connectivity index (χ4n) is 1.39. The summed E-state index contributed by atoms with van der Waals surface area (Å²) in [5.74, 6) is -0.277. The van der Waals surface area contributed by atoms with Crippen molar-refractivity contribution in [2.45, 2.75) is 37.6 Å². The van der Waals surface area contributed by atoms with Crippen molar-refractivity contribution in [2.24, 2.45) is 0 Å². The zero-order valence-electron chi connectivity index (χ0n) is 11.0. The van der Waals surface area contributed by atoms with Gasteiger partial charge in [0.2, 0.25) is 5.91 Å². The molecule has 4 nitrogen and oxygen atoms in total. The molecular formula is C13H20N2O2S. The third-order valence-electron chi connectivity index (χ3n) is 2.79. The Kier molecular flexibility index (Phi) is 4.90. The lowest BCUT2D eigenvalue weighted by molar-refractivity contribution is -0.120.